The van der Waals surface area contributed by atoms with Crippen molar-refractivity contribution >= 4 is 0 Å². The normalized spacial score (nSPS) is 34.8. The van der Waals surface area contributed by atoms with E-state index in [1.165, 1.54) is 44.9 Å². The lowest BCUT2D eigenvalue weighted by atomic mass is 9.77. The summed E-state index contributed by atoms with van der Waals surface area (Å²) in [4.78, 5) is 0. The van der Waals surface area contributed by atoms with Gasteiger partial charge in [0.2, 0.25) is 0 Å². The molecule has 0 amide bonds. The van der Waals surface area contributed by atoms with Crippen LogP contribution < -0.4 is 5.73 Å². The first-order valence-corrected chi connectivity index (χ1v) is 6.62. The van der Waals surface area contributed by atoms with Gasteiger partial charge in [-0.3, -0.25) is 0 Å². The highest BCUT2D eigenvalue weighted by molar-refractivity contribution is 4.91. The van der Waals surface area contributed by atoms with Gasteiger partial charge in [-0.1, -0.05) is 6.92 Å². The first-order chi connectivity index (χ1) is 7.24. The van der Waals surface area contributed by atoms with Gasteiger partial charge < -0.3 is 10.5 Å². The Morgan fingerprint density at radius 2 is 1.87 bits per heavy atom. The van der Waals surface area contributed by atoms with Crippen molar-refractivity contribution in [3.63, 3.8) is 0 Å². The molecule has 0 unspecified atom stereocenters. The van der Waals surface area contributed by atoms with E-state index in [1.807, 2.05) is 0 Å². The average Bonchev–Trinajstić information content (AvgIpc) is 2.18. The molecule has 0 aromatic carbocycles. The standard InChI is InChI=1S/C13H25NO/c1-11-3-5-12(6-4-11)15-13(9-10-14)7-2-8-13/h11-12H,2-10,14H2,1H3. The van der Waals surface area contributed by atoms with E-state index in [2.05, 4.69) is 6.92 Å². The lowest BCUT2D eigenvalue weighted by molar-refractivity contribution is -0.152. The van der Waals surface area contributed by atoms with Crippen LogP contribution in [0.4, 0.5) is 0 Å². The van der Waals surface area contributed by atoms with Gasteiger partial charge in [-0.25, -0.2) is 0 Å². The first kappa shape index (κ1) is 11.4. The van der Waals surface area contributed by atoms with Gasteiger partial charge in [-0.2, -0.15) is 0 Å². The van der Waals surface area contributed by atoms with Crippen LogP contribution in [0.5, 0.6) is 0 Å². The molecule has 0 aromatic heterocycles. The third-order valence-corrected chi connectivity index (χ3v) is 4.24. The summed E-state index contributed by atoms with van der Waals surface area (Å²) in [6, 6.07) is 0. The molecule has 0 aromatic rings. The fourth-order valence-corrected chi connectivity index (χ4v) is 2.96. The number of ether oxygens (including phenoxy) is 1. The first-order valence-electron chi connectivity index (χ1n) is 6.62. The molecule has 2 N–H and O–H groups in total. The van der Waals surface area contributed by atoms with E-state index in [9.17, 15) is 0 Å². The van der Waals surface area contributed by atoms with Gasteiger partial charge in [0.15, 0.2) is 0 Å². The Kier molecular flexibility index (Phi) is 3.68. The Balaban J connectivity index is 1.79. The van der Waals surface area contributed by atoms with Gasteiger partial charge in [0.05, 0.1) is 11.7 Å². The lowest BCUT2D eigenvalue weighted by Gasteiger charge is -2.45. The highest BCUT2D eigenvalue weighted by Crippen LogP contribution is 2.41. The summed E-state index contributed by atoms with van der Waals surface area (Å²) >= 11 is 0. The second-order valence-corrected chi connectivity index (χ2v) is 5.57. The Morgan fingerprint density at radius 1 is 1.20 bits per heavy atom. The second kappa shape index (κ2) is 4.84. The molecule has 0 atom stereocenters. The topological polar surface area (TPSA) is 35.2 Å². The molecule has 2 heteroatoms. The fourth-order valence-electron chi connectivity index (χ4n) is 2.96. The summed E-state index contributed by atoms with van der Waals surface area (Å²) in [6.07, 6.45) is 10.7. The highest BCUT2D eigenvalue weighted by atomic mass is 16.5. The smallest absolute Gasteiger partial charge is 0.0698 e. The predicted molar refractivity (Wildman–Crippen MR) is 62.8 cm³/mol. The molecule has 0 aliphatic heterocycles. The molecule has 0 saturated heterocycles. The van der Waals surface area contributed by atoms with Crippen LogP contribution in [0, 0.1) is 5.92 Å². The van der Waals surface area contributed by atoms with Crippen LogP contribution >= 0.6 is 0 Å². The summed E-state index contributed by atoms with van der Waals surface area (Å²) in [7, 11) is 0. The van der Waals surface area contributed by atoms with Gasteiger partial charge >= 0.3 is 0 Å². The van der Waals surface area contributed by atoms with Gasteiger partial charge in [-0.15, -0.1) is 0 Å². The summed E-state index contributed by atoms with van der Waals surface area (Å²) < 4.78 is 6.32. The van der Waals surface area contributed by atoms with E-state index >= 15 is 0 Å². The summed E-state index contributed by atoms with van der Waals surface area (Å²) in [6.45, 7) is 3.14. The largest absolute Gasteiger partial charge is 0.372 e. The minimum atomic E-state index is 0.194. The zero-order chi connectivity index (χ0) is 10.7. The molecular weight excluding hydrogens is 186 g/mol. The number of nitrogens with two attached hydrogens (primary N) is 1. The summed E-state index contributed by atoms with van der Waals surface area (Å²) in [5.74, 6) is 0.914. The Bertz CT molecular complexity index is 193. The fraction of sp³-hybridized carbons (Fsp3) is 1.00. The van der Waals surface area contributed by atoms with Crippen LogP contribution in [0.3, 0.4) is 0 Å². The predicted octanol–water partition coefficient (Wildman–Crippen LogP) is 2.85. The van der Waals surface area contributed by atoms with Crippen molar-refractivity contribution in [1.82, 2.24) is 0 Å². The quantitative estimate of drug-likeness (QED) is 0.776. The molecule has 0 radical (unpaired) electrons. The van der Waals surface area contributed by atoms with Crippen molar-refractivity contribution < 1.29 is 4.74 Å². The molecule has 0 bridgehead atoms. The molecule has 2 aliphatic carbocycles. The SMILES string of the molecule is CC1CCC(OC2(CCN)CCC2)CC1. The molecular formula is C13H25NO. The van der Waals surface area contributed by atoms with Gasteiger partial charge in [-0.05, 0) is 63.8 Å². The van der Waals surface area contributed by atoms with Gasteiger partial charge in [0, 0.05) is 0 Å². The van der Waals surface area contributed by atoms with E-state index in [4.69, 9.17) is 10.5 Å². The maximum Gasteiger partial charge on any atom is 0.0698 e. The highest BCUT2D eigenvalue weighted by Gasteiger charge is 2.39. The number of rotatable bonds is 4. The molecule has 2 saturated carbocycles. The third kappa shape index (κ3) is 2.73. The minimum absolute atomic E-state index is 0.194. The van der Waals surface area contributed by atoms with Crippen LogP contribution in [-0.2, 0) is 4.74 Å². The van der Waals surface area contributed by atoms with Gasteiger partial charge in [0.25, 0.3) is 0 Å². The second-order valence-electron chi connectivity index (χ2n) is 5.57. The molecule has 0 spiro atoms. The number of hydrogen-bond donors (Lipinski definition) is 1. The molecule has 2 aliphatic rings. The van der Waals surface area contributed by atoms with E-state index in [-0.39, 0.29) is 5.60 Å². The maximum absolute atomic E-state index is 6.32. The molecule has 2 fully saturated rings. The lowest BCUT2D eigenvalue weighted by Crippen LogP contribution is -2.45. The van der Waals surface area contributed by atoms with Crippen LogP contribution in [0.15, 0.2) is 0 Å². The summed E-state index contributed by atoms with van der Waals surface area (Å²) in [5.41, 5.74) is 5.87. The van der Waals surface area contributed by atoms with Crippen LogP contribution in [-0.4, -0.2) is 18.2 Å². The molecule has 2 nitrogen and oxygen atoms in total. The van der Waals surface area contributed by atoms with Crippen molar-refractivity contribution in [1.29, 1.82) is 0 Å². The molecule has 15 heavy (non-hydrogen) atoms. The average molecular weight is 211 g/mol. The minimum Gasteiger partial charge on any atom is -0.372 e. The van der Waals surface area contributed by atoms with Gasteiger partial charge in [0.1, 0.15) is 0 Å². The van der Waals surface area contributed by atoms with Crippen molar-refractivity contribution in [2.24, 2.45) is 11.7 Å². The van der Waals surface area contributed by atoms with E-state index in [0.29, 0.717) is 6.10 Å². The number of hydrogen-bond acceptors (Lipinski definition) is 2. The Hall–Kier alpha value is -0.0800. The monoisotopic (exact) mass is 211 g/mol. The zero-order valence-corrected chi connectivity index (χ0v) is 10.0. The summed E-state index contributed by atoms with van der Waals surface area (Å²) in [5, 5.41) is 0. The van der Waals surface area contributed by atoms with Crippen molar-refractivity contribution in [2.45, 2.75) is 70.0 Å². The van der Waals surface area contributed by atoms with Crippen molar-refractivity contribution in [3.05, 3.63) is 0 Å². The van der Waals surface area contributed by atoms with Crippen molar-refractivity contribution in [2.75, 3.05) is 6.54 Å². The van der Waals surface area contributed by atoms with Crippen LogP contribution in [0.2, 0.25) is 0 Å². The van der Waals surface area contributed by atoms with E-state index in [0.717, 1.165) is 18.9 Å². The molecule has 88 valence electrons. The molecule has 2 rings (SSSR count). The third-order valence-electron chi connectivity index (χ3n) is 4.24. The molecule has 0 heterocycles. The Morgan fingerprint density at radius 3 is 2.33 bits per heavy atom. The van der Waals surface area contributed by atoms with Crippen LogP contribution in [0.1, 0.15) is 58.3 Å². The van der Waals surface area contributed by atoms with E-state index < -0.39 is 0 Å². The Labute approximate surface area is 93.6 Å². The van der Waals surface area contributed by atoms with Crippen molar-refractivity contribution in [3.8, 4) is 0 Å². The zero-order valence-electron chi connectivity index (χ0n) is 10.0. The van der Waals surface area contributed by atoms with E-state index in [1.54, 1.807) is 0 Å². The maximum atomic E-state index is 6.32. The van der Waals surface area contributed by atoms with Crippen LogP contribution in [0.25, 0.3) is 0 Å².